The monoisotopic (exact) mass is 392 g/mol. The number of aryl methyl sites for hydroxylation is 1. The van der Waals surface area contributed by atoms with Crippen LogP contribution in [0.1, 0.15) is 18.1 Å². The average molecular weight is 392 g/mol. The maximum absolute atomic E-state index is 13.0. The zero-order valence-electron chi connectivity index (χ0n) is 15.5. The van der Waals surface area contributed by atoms with Crippen molar-refractivity contribution in [2.45, 2.75) is 13.3 Å². The van der Waals surface area contributed by atoms with E-state index in [1.54, 1.807) is 36.4 Å². The molecular weight excluding hydrogens is 372 g/mol. The highest BCUT2D eigenvalue weighted by atomic mass is 32.1. The van der Waals surface area contributed by atoms with Gasteiger partial charge in [0, 0.05) is 0 Å². The van der Waals surface area contributed by atoms with Crippen molar-refractivity contribution in [1.29, 1.82) is 0 Å². The van der Waals surface area contributed by atoms with Gasteiger partial charge in [0.15, 0.2) is 5.11 Å². The van der Waals surface area contributed by atoms with Crippen molar-refractivity contribution in [3.8, 4) is 5.75 Å². The number of amides is 2. The number of carbonyl (C=O) groups excluding carboxylic acids is 2. The summed E-state index contributed by atoms with van der Waals surface area (Å²) in [5.74, 6) is -0.284. The summed E-state index contributed by atoms with van der Waals surface area (Å²) in [6, 6.07) is 14.6. The molecule has 1 heterocycles. The van der Waals surface area contributed by atoms with E-state index in [0.29, 0.717) is 23.6 Å². The van der Waals surface area contributed by atoms with Gasteiger partial charge in [-0.25, -0.2) is 0 Å². The number of thiocarbonyl (C=S) groups is 1. The molecule has 0 saturated carbocycles. The lowest BCUT2D eigenvalue weighted by Crippen LogP contribution is -2.54. The second kappa shape index (κ2) is 8.63. The minimum atomic E-state index is -0.511. The molecule has 28 heavy (non-hydrogen) atoms. The van der Waals surface area contributed by atoms with E-state index in [1.165, 1.54) is 4.90 Å². The van der Waals surface area contributed by atoms with Crippen LogP contribution in [-0.4, -0.2) is 23.5 Å². The molecule has 0 aliphatic carbocycles. The number of rotatable bonds is 6. The predicted molar refractivity (Wildman–Crippen MR) is 114 cm³/mol. The van der Waals surface area contributed by atoms with E-state index >= 15 is 0 Å². The Balaban J connectivity index is 1.88. The van der Waals surface area contributed by atoms with Gasteiger partial charge in [-0.2, -0.15) is 0 Å². The van der Waals surface area contributed by atoms with Crippen LogP contribution in [0.4, 0.5) is 5.69 Å². The summed E-state index contributed by atoms with van der Waals surface area (Å²) in [5, 5.41) is 2.66. The van der Waals surface area contributed by atoms with Gasteiger partial charge in [-0.1, -0.05) is 43.8 Å². The lowest BCUT2D eigenvalue weighted by atomic mass is 10.1. The first-order chi connectivity index (χ1) is 13.5. The van der Waals surface area contributed by atoms with E-state index < -0.39 is 11.8 Å². The SMILES string of the molecule is C=CCOc1ccc(C=C2C(=O)NC(=S)N(c3ccc(CC)cc3)C2=O)cc1. The smallest absolute Gasteiger partial charge is 0.270 e. The molecule has 142 valence electrons. The van der Waals surface area contributed by atoms with Crippen molar-refractivity contribution in [3.05, 3.63) is 77.9 Å². The second-order valence-corrected chi connectivity index (χ2v) is 6.53. The van der Waals surface area contributed by atoms with Crippen LogP contribution in [-0.2, 0) is 16.0 Å². The molecule has 1 aliphatic heterocycles. The predicted octanol–water partition coefficient (Wildman–Crippen LogP) is 3.65. The highest BCUT2D eigenvalue weighted by molar-refractivity contribution is 7.80. The number of ether oxygens (including phenoxy) is 1. The zero-order valence-corrected chi connectivity index (χ0v) is 16.3. The van der Waals surface area contributed by atoms with E-state index in [1.807, 2.05) is 24.3 Å². The van der Waals surface area contributed by atoms with Crippen molar-refractivity contribution in [2.75, 3.05) is 11.5 Å². The molecule has 1 saturated heterocycles. The first kappa shape index (κ1) is 19.5. The summed E-state index contributed by atoms with van der Waals surface area (Å²) in [4.78, 5) is 26.7. The molecule has 0 atom stereocenters. The Morgan fingerprint density at radius 2 is 1.79 bits per heavy atom. The molecule has 2 amide bonds. The number of nitrogens with zero attached hydrogens (tertiary/aromatic N) is 1. The molecular formula is C22H20N2O3S. The Labute approximate surface area is 169 Å². The third kappa shape index (κ3) is 4.18. The van der Waals surface area contributed by atoms with Crippen LogP contribution in [0.15, 0.2) is 66.8 Å². The topological polar surface area (TPSA) is 58.6 Å². The molecule has 3 rings (SSSR count). The van der Waals surface area contributed by atoms with Crippen LogP contribution in [0.25, 0.3) is 6.08 Å². The number of nitrogens with one attached hydrogen (secondary N) is 1. The van der Waals surface area contributed by atoms with Gasteiger partial charge in [0.25, 0.3) is 11.8 Å². The summed E-state index contributed by atoms with van der Waals surface area (Å²) in [7, 11) is 0. The van der Waals surface area contributed by atoms with Crippen molar-refractivity contribution < 1.29 is 14.3 Å². The first-order valence-electron chi connectivity index (χ1n) is 8.87. The molecule has 2 aromatic rings. The standard InChI is InChI=1S/C22H20N2O3S/c1-3-13-27-18-11-7-16(8-12-18)14-19-20(25)23-22(28)24(21(19)26)17-9-5-15(4-2)6-10-17/h3,5-12,14H,1,4,13H2,2H3,(H,23,25,28). The molecule has 2 aromatic carbocycles. The summed E-state index contributed by atoms with van der Waals surface area (Å²) >= 11 is 5.22. The lowest BCUT2D eigenvalue weighted by molar-refractivity contribution is -0.122. The van der Waals surface area contributed by atoms with Gasteiger partial charge < -0.3 is 4.74 Å². The van der Waals surface area contributed by atoms with E-state index in [9.17, 15) is 9.59 Å². The Morgan fingerprint density at radius 1 is 1.11 bits per heavy atom. The van der Waals surface area contributed by atoms with Crippen LogP contribution < -0.4 is 15.0 Å². The fraction of sp³-hybridized carbons (Fsp3) is 0.136. The first-order valence-corrected chi connectivity index (χ1v) is 9.28. The third-order valence-electron chi connectivity index (χ3n) is 4.26. The Kier molecular flexibility index (Phi) is 6.01. The number of hydrogen-bond acceptors (Lipinski definition) is 4. The van der Waals surface area contributed by atoms with Crippen molar-refractivity contribution in [2.24, 2.45) is 0 Å². The highest BCUT2D eigenvalue weighted by Gasteiger charge is 2.34. The van der Waals surface area contributed by atoms with Crippen LogP contribution in [0.3, 0.4) is 0 Å². The van der Waals surface area contributed by atoms with E-state index in [2.05, 4.69) is 18.8 Å². The third-order valence-corrected chi connectivity index (χ3v) is 4.55. The minimum absolute atomic E-state index is 0.0212. The summed E-state index contributed by atoms with van der Waals surface area (Å²) in [6.45, 7) is 6.07. The number of benzene rings is 2. The molecule has 0 spiro atoms. The number of hydrogen-bond donors (Lipinski definition) is 1. The van der Waals surface area contributed by atoms with Crippen molar-refractivity contribution >= 4 is 40.9 Å². The summed E-state index contributed by atoms with van der Waals surface area (Å²) in [6.07, 6.45) is 4.10. The Bertz CT molecular complexity index is 947. The van der Waals surface area contributed by atoms with Gasteiger partial charge >= 0.3 is 0 Å². The molecule has 5 nitrogen and oxygen atoms in total. The van der Waals surface area contributed by atoms with E-state index in [-0.39, 0.29) is 10.7 Å². The molecule has 0 bridgehead atoms. The lowest BCUT2D eigenvalue weighted by Gasteiger charge is -2.29. The largest absolute Gasteiger partial charge is 0.490 e. The van der Waals surface area contributed by atoms with Gasteiger partial charge in [0.2, 0.25) is 0 Å². The molecule has 1 aliphatic rings. The fourth-order valence-electron chi connectivity index (χ4n) is 2.75. The molecule has 1 fully saturated rings. The molecule has 0 radical (unpaired) electrons. The van der Waals surface area contributed by atoms with Crippen LogP contribution in [0, 0.1) is 0 Å². The second-order valence-electron chi connectivity index (χ2n) is 6.15. The normalized spacial score (nSPS) is 15.5. The van der Waals surface area contributed by atoms with Crippen molar-refractivity contribution in [1.82, 2.24) is 5.32 Å². The van der Waals surface area contributed by atoms with Crippen molar-refractivity contribution in [3.63, 3.8) is 0 Å². The fourth-order valence-corrected chi connectivity index (χ4v) is 3.04. The molecule has 0 aromatic heterocycles. The quantitative estimate of drug-likeness (QED) is 0.353. The van der Waals surface area contributed by atoms with Crippen LogP contribution >= 0.6 is 12.2 Å². The number of anilines is 1. The maximum atomic E-state index is 13.0. The van der Waals surface area contributed by atoms with Gasteiger partial charge in [-0.3, -0.25) is 19.8 Å². The molecule has 0 unspecified atom stereocenters. The van der Waals surface area contributed by atoms with Gasteiger partial charge in [-0.05, 0) is 60.1 Å². The van der Waals surface area contributed by atoms with Gasteiger partial charge in [0.1, 0.15) is 17.9 Å². The van der Waals surface area contributed by atoms with E-state index in [0.717, 1.165) is 12.0 Å². The summed E-state index contributed by atoms with van der Waals surface area (Å²) in [5.41, 5.74) is 2.50. The number of carbonyl (C=O) groups is 2. The van der Waals surface area contributed by atoms with Crippen LogP contribution in [0.2, 0.25) is 0 Å². The van der Waals surface area contributed by atoms with Gasteiger partial charge in [-0.15, -0.1) is 0 Å². The van der Waals surface area contributed by atoms with Crippen LogP contribution in [0.5, 0.6) is 5.75 Å². The average Bonchev–Trinajstić information content (AvgIpc) is 2.71. The van der Waals surface area contributed by atoms with E-state index in [4.69, 9.17) is 17.0 Å². The highest BCUT2D eigenvalue weighted by Crippen LogP contribution is 2.23. The minimum Gasteiger partial charge on any atom is -0.490 e. The maximum Gasteiger partial charge on any atom is 0.270 e. The Hall–Kier alpha value is -3.25. The Morgan fingerprint density at radius 3 is 2.39 bits per heavy atom. The zero-order chi connectivity index (χ0) is 20.1. The summed E-state index contributed by atoms with van der Waals surface area (Å²) < 4.78 is 5.44. The van der Waals surface area contributed by atoms with Gasteiger partial charge in [0.05, 0.1) is 5.69 Å². The molecule has 1 N–H and O–H groups in total. The molecule has 6 heteroatoms.